The first-order valence-electron chi connectivity index (χ1n) is 8.49. The van der Waals surface area contributed by atoms with Crippen LogP contribution >= 0.6 is 0 Å². The van der Waals surface area contributed by atoms with Crippen LogP contribution in [0.4, 0.5) is 0 Å². The van der Waals surface area contributed by atoms with Crippen LogP contribution in [0.2, 0.25) is 0 Å². The lowest BCUT2D eigenvalue weighted by molar-refractivity contribution is 0.166. The largest absolute Gasteiger partial charge is 0.508 e. The van der Waals surface area contributed by atoms with Crippen LogP contribution in [0.1, 0.15) is 23.1 Å². The Morgan fingerprint density at radius 3 is 2.92 bits per heavy atom. The quantitative estimate of drug-likeness (QED) is 0.818. The van der Waals surface area contributed by atoms with E-state index in [1.165, 1.54) is 5.56 Å². The zero-order valence-corrected chi connectivity index (χ0v) is 14.1. The minimum absolute atomic E-state index is 0.299. The molecule has 1 heterocycles. The van der Waals surface area contributed by atoms with Crippen molar-refractivity contribution in [2.24, 2.45) is 5.92 Å². The predicted octanol–water partition coefficient (Wildman–Crippen LogP) is 3.41. The molecule has 2 aromatic carbocycles. The Bertz CT molecular complexity index is 666. The van der Waals surface area contributed by atoms with Gasteiger partial charge in [-0.2, -0.15) is 0 Å². The molecule has 2 N–H and O–H groups in total. The second kappa shape index (κ2) is 8.18. The topological polar surface area (TPSA) is 50.7 Å². The van der Waals surface area contributed by atoms with Crippen molar-refractivity contribution >= 4 is 0 Å². The third kappa shape index (κ3) is 4.73. The monoisotopic (exact) mass is 327 g/mol. The van der Waals surface area contributed by atoms with Gasteiger partial charge in [0.05, 0.1) is 13.2 Å². The second-order valence-electron chi connectivity index (χ2n) is 6.43. The molecular weight excluding hydrogens is 302 g/mol. The fourth-order valence-corrected chi connectivity index (χ4v) is 2.87. The van der Waals surface area contributed by atoms with Gasteiger partial charge in [0.25, 0.3) is 0 Å². The summed E-state index contributed by atoms with van der Waals surface area (Å²) in [5.74, 6) is 1.75. The molecule has 0 aliphatic carbocycles. The van der Waals surface area contributed by atoms with Crippen molar-refractivity contribution < 1.29 is 14.6 Å². The van der Waals surface area contributed by atoms with Gasteiger partial charge in [0.1, 0.15) is 11.5 Å². The lowest BCUT2D eigenvalue weighted by Crippen LogP contribution is -2.16. The number of aromatic hydroxyl groups is 1. The van der Waals surface area contributed by atoms with E-state index in [9.17, 15) is 5.11 Å². The highest BCUT2D eigenvalue weighted by molar-refractivity contribution is 5.37. The molecule has 0 amide bonds. The number of phenols is 1. The molecule has 0 radical (unpaired) electrons. The highest BCUT2D eigenvalue weighted by Gasteiger charge is 2.17. The minimum Gasteiger partial charge on any atom is -0.508 e. The zero-order valence-electron chi connectivity index (χ0n) is 14.1. The molecule has 128 valence electrons. The summed E-state index contributed by atoms with van der Waals surface area (Å²) < 4.78 is 11.5. The Labute approximate surface area is 143 Å². The van der Waals surface area contributed by atoms with E-state index in [1.807, 2.05) is 12.1 Å². The summed E-state index contributed by atoms with van der Waals surface area (Å²) in [6, 6.07) is 13.6. The van der Waals surface area contributed by atoms with Crippen molar-refractivity contribution in [1.29, 1.82) is 0 Å². The molecule has 2 aromatic rings. The van der Waals surface area contributed by atoms with E-state index in [4.69, 9.17) is 9.47 Å². The summed E-state index contributed by atoms with van der Waals surface area (Å²) in [6.07, 6.45) is 1.08. The predicted molar refractivity (Wildman–Crippen MR) is 94.3 cm³/mol. The molecule has 0 bridgehead atoms. The first kappa shape index (κ1) is 16.8. The number of benzene rings is 2. The van der Waals surface area contributed by atoms with Gasteiger partial charge >= 0.3 is 0 Å². The molecule has 1 aliphatic rings. The Kier molecular flexibility index (Phi) is 5.72. The van der Waals surface area contributed by atoms with E-state index in [-0.39, 0.29) is 0 Å². The van der Waals surface area contributed by atoms with Crippen molar-refractivity contribution in [3.8, 4) is 11.5 Å². The number of aryl methyl sites for hydroxylation is 1. The van der Waals surface area contributed by atoms with E-state index < -0.39 is 0 Å². The van der Waals surface area contributed by atoms with E-state index in [0.29, 0.717) is 24.8 Å². The van der Waals surface area contributed by atoms with E-state index in [1.54, 1.807) is 12.1 Å². The third-order valence-corrected chi connectivity index (χ3v) is 4.28. The van der Waals surface area contributed by atoms with E-state index in [0.717, 1.165) is 43.1 Å². The molecule has 24 heavy (non-hydrogen) atoms. The van der Waals surface area contributed by atoms with Crippen molar-refractivity contribution in [2.75, 3.05) is 19.8 Å². The van der Waals surface area contributed by atoms with Gasteiger partial charge in [0, 0.05) is 31.2 Å². The van der Waals surface area contributed by atoms with Gasteiger partial charge < -0.3 is 19.9 Å². The molecule has 1 aliphatic heterocycles. The van der Waals surface area contributed by atoms with Crippen LogP contribution in [0.3, 0.4) is 0 Å². The SMILES string of the molecule is Cc1ccc(CNCc2cccc(O)c2)c(OC[C@@H]2CCOC2)c1. The van der Waals surface area contributed by atoms with Crippen LogP contribution in [0.25, 0.3) is 0 Å². The summed E-state index contributed by atoms with van der Waals surface area (Å²) in [5.41, 5.74) is 3.41. The smallest absolute Gasteiger partial charge is 0.124 e. The average Bonchev–Trinajstić information content (AvgIpc) is 3.08. The number of hydrogen-bond donors (Lipinski definition) is 2. The van der Waals surface area contributed by atoms with Gasteiger partial charge in [-0.1, -0.05) is 24.3 Å². The molecule has 1 atom stereocenters. The van der Waals surface area contributed by atoms with Gasteiger partial charge in [-0.05, 0) is 42.7 Å². The molecule has 4 nitrogen and oxygen atoms in total. The van der Waals surface area contributed by atoms with Crippen molar-refractivity contribution in [3.63, 3.8) is 0 Å². The number of phenolic OH excluding ortho intramolecular Hbond substituents is 1. The molecule has 0 aromatic heterocycles. The van der Waals surface area contributed by atoms with Crippen LogP contribution in [-0.2, 0) is 17.8 Å². The van der Waals surface area contributed by atoms with Crippen LogP contribution < -0.4 is 10.1 Å². The molecule has 4 heteroatoms. The summed E-state index contributed by atoms with van der Waals surface area (Å²) in [4.78, 5) is 0. The first-order chi connectivity index (χ1) is 11.7. The summed E-state index contributed by atoms with van der Waals surface area (Å²) in [6.45, 7) is 5.88. The molecular formula is C20H25NO3. The molecule has 0 spiro atoms. The number of nitrogens with one attached hydrogen (secondary N) is 1. The third-order valence-electron chi connectivity index (χ3n) is 4.28. The summed E-state index contributed by atoms with van der Waals surface area (Å²) >= 11 is 0. The minimum atomic E-state index is 0.299. The Hall–Kier alpha value is -2.04. The molecule has 3 rings (SSSR count). The van der Waals surface area contributed by atoms with Gasteiger partial charge in [0.2, 0.25) is 0 Å². The lowest BCUT2D eigenvalue weighted by Gasteiger charge is -2.15. The highest BCUT2D eigenvalue weighted by atomic mass is 16.5. The summed E-state index contributed by atoms with van der Waals surface area (Å²) in [5, 5.41) is 12.9. The van der Waals surface area contributed by atoms with Crippen molar-refractivity contribution in [3.05, 3.63) is 59.2 Å². The van der Waals surface area contributed by atoms with Crippen LogP contribution in [-0.4, -0.2) is 24.9 Å². The van der Waals surface area contributed by atoms with Crippen molar-refractivity contribution in [1.82, 2.24) is 5.32 Å². The molecule has 0 unspecified atom stereocenters. The van der Waals surface area contributed by atoms with Gasteiger partial charge in [0.15, 0.2) is 0 Å². The van der Waals surface area contributed by atoms with Crippen molar-refractivity contribution in [2.45, 2.75) is 26.4 Å². The maximum atomic E-state index is 9.52. The maximum Gasteiger partial charge on any atom is 0.124 e. The Balaban J connectivity index is 1.57. The average molecular weight is 327 g/mol. The zero-order chi connectivity index (χ0) is 16.8. The highest BCUT2D eigenvalue weighted by Crippen LogP contribution is 2.23. The van der Waals surface area contributed by atoms with Gasteiger partial charge in [-0.25, -0.2) is 0 Å². The number of ether oxygens (including phenoxy) is 2. The molecule has 1 fully saturated rings. The fourth-order valence-electron chi connectivity index (χ4n) is 2.87. The maximum absolute atomic E-state index is 9.52. The Morgan fingerprint density at radius 2 is 2.12 bits per heavy atom. The van der Waals surface area contributed by atoms with Crippen LogP contribution in [0, 0.1) is 12.8 Å². The number of rotatable bonds is 7. The first-order valence-corrected chi connectivity index (χ1v) is 8.49. The van der Waals surface area contributed by atoms with E-state index in [2.05, 4.69) is 30.4 Å². The number of hydrogen-bond acceptors (Lipinski definition) is 4. The lowest BCUT2D eigenvalue weighted by atomic mass is 10.1. The van der Waals surface area contributed by atoms with Crippen LogP contribution in [0.5, 0.6) is 11.5 Å². The second-order valence-corrected chi connectivity index (χ2v) is 6.43. The molecule has 0 saturated carbocycles. The Morgan fingerprint density at radius 1 is 1.21 bits per heavy atom. The standard InChI is InChI=1S/C20H25NO3/c1-15-5-6-18(12-21-11-16-3-2-4-19(22)10-16)20(9-15)24-14-17-7-8-23-13-17/h2-6,9-10,17,21-22H,7-8,11-14H2,1H3/t17-/m1/s1. The molecule has 1 saturated heterocycles. The van der Waals surface area contributed by atoms with Gasteiger partial charge in [-0.3, -0.25) is 0 Å². The van der Waals surface area contributed by atoms with Gasteiger partial charge in [-0.15, -0.1) is 0 Å². The van der Waals surface area contributed by atoms with Crippen LogP contribution in [0.15, 0.2) is 42.5 Å². The summed E-state index contributed by atoms with van der Waals surface area (Å²) in [7, 11) is 0. The normalized spacial score (nSPS) is 17.1. The fraction of sp³-hybridized carbons (Fsp3) is 0.400. The van der Waals surface area contributed by atoms with E-state index >= 15 is 0 Å².